The third kappa shape index (κ3) is 2.95. The fourth-order valence-corrected chi connectivity index (χ4v) is 2.07. The van der Waals surface area contributed by atoms with Gasteiger partial charge in [-0.05, 0) is 24.5 Å². The maximum absolute atomic E-state index is 4.73. The first-order valence-corrected chi connectivity index (χ1v) is 6.17. The van der Waals surface area contributed by atoms with Crippen molar-refractivity contribution in [2.75, 3.05) is 31.1 Å². The molecule has 1 fully saturated rings. The van der Waals surface area contributed by atoms with Crippen molar-refractivity contribution in [1.29, 1.82) is 0 Å². The predicted molar refractivity (Wildman–Crippen MR) is 67.9 cm³/mol. The maximum atomic E-state index is 4.73. The van der Waals surface area contributed by atoms with Gasteiger partial charge in [0, 0.05) is 31.9 Å². The average Bonchev–Trinajstić information content (AvgIpc) is 2.30. The highest BCUT2D eigenvalue weighted by atomic mass is 15.2. The van der Waals surface area contributed by atoms with Crippen LogP contribution in [0, 0.1) is 5.92 Å². The zero-order valence-corrected chi connectivity index (χ0v) is 10.2. The number of nitrogens with one attached hydrogen (secondary N) is 1. The summed E-state index contributed by atoms with van der Waals surface area (Å²) in [5, 5.41) is 3.36. The molecule has 0 saturated carbocycles. The number of aromatic nitrogens is 1. The molecule has 1 aromatic heterocycles. The van der Waals surface area contributed by atoms with E-state index in [0.717, 1.165) is 38.4 Å². The zero-order valence-electron chi connectivity index (χ0n) is 10.2. The first-order chi connectivity index (χ1) is 7.75. The Morgan fingerprint density at radius 2 is 2.06 bits per heavy atom. The van der Waals surface area contributed by atoms with Crippen LogP contribution in [0.15, 0.2) is 18.2 Å². The molecule has 16 heavy (non-hydrogen) atoms. The van der Waals surface area contributed by atoms with Crippen molar-refractivity contribution in [3.05, 3.63) is 23.9 Å². The summed E-state index contributed by atoms with van der Waals surface area (Å²) in [6.07, 6.45) is 1.07. The van der Waals surface area contributed by atoms with Gasteiger partial charge in [0.1, 0.15) is 5.82 Å². The number of hydrogen-bond acceptors (Lipinski definition) is 3. The van der Waals surface area contributed by atoms with Crippen molar-refractivity contribution < 1.29 is 0 Å². The Hall–Kier alpha value is -1.09. The zero-order chi connectivity index (χ0) is 11.4. The van der Waals surface area contributed by atoms with E-state index in [1.165, 1.54) is 5.69 Å². The Bertz CT molecular complexity index is 330. The lowest BCUT2D eigenvalue weighted by atomic mass is 10.1. The van der Waals surface area contributed by atoms with Gasteiger partial charge in [-0.3, -0.25) is 0 Å². The first kappa shape index (κ1) is 11.4. The predicted octanol–water partition coefficient (Wildman–Crippen LogP) is 1.69. The molecule has 1 N–H and O–H groups in total. The molecule has 0 aromatic carbocycles. The Morgan fingerprint density at radius 3 is 2.75 bits per heavy atom. The topological polar surface area (TPSA) is 28.2 Å². The third-order valence-electron chi connectivity index (χ3n) is 2.85. The van der Waals surface area contributed by atoms with E-state index in [9.17, 15) is 0 Å². The maximum Gasteiger partial charge on any atom is 0.128 e. The fraction of sp³-hybridized carbons (Fsp3) is 0.615. The molecule has 1 aliphatic heterocycles. The van der Waals surface area contributed by atoms with Crippen LogP contribution in [0.5, 0.6) is 0 Å². The van der Waals surface area contributed by atoms with Crippen molar-refractivity contribution in [2.24, 2.45) is 5.92 Å². The van der Waals surface area contributed by atoms with Gasteiger partial charge in [0.2, 0.25) is 0 Å². The van der Waals surface area contributed by atoms with Crippen LogP contribution in [0.1, 0.15) is 19.5 Å². The monoisotopic (exact) mass is 219 g/mol. The molecule has 88 valence electrons. The number of piperazine rings is 1. The average molecular weight is 219 g/mol. The lowest BCUT2D eigenvalue weighted by molar-refractivity contribution is 0.581. The summed E-state index contributed by atoms with van der Waals surface area (Å²) in [7, 11) is 0. The van der Waals surface area contributed by atoms with Crippen LogP contribution in [-0.4, -0.2) is 31.2 Å². The molecule has 2 heterocycles. The Balaban J connectivity index is 2.08. The van der Waals surface area contributed by atoms with Crippen molar-refractivity contribution >= 4 is 5.82 Å². The molecular weight excluding hydrogens is 198 g/mol. The van der Waals surface area contributed by atoms with E-state index < -0.39 is 0 Å². The summed E-state index contributed by atoms with van der Waals surface area (Å²) in [4.78, 5) is 7.10. The molecule has 0 aliphatic carbocycles. The van der Waals surface area contributed by atoms with Gasteiger partial charge < -0.3 is 10.2 Å². The molecule has 1 saturated heterocycles. The second kappa shape index (κ2) is 5.30. The van der Waals surface area contributed by atoms with Gasteiger partial charge in [-0.15, -0.1) is 0 Å². The fourth-order valence-electron chi connectivity index (χ4n) is 2.07. The summed E-state index contributed by atoms with van der Waals surface area (Å²) in [5.41, 5.74) is 1.21. The van der Waals surface area contributed by atoms with Crippen LogP contribution in [0.2, 0.25) is 0 Å². The van der Waals surface area contributed by atoms with E-state index in [2.05, 4.69) is 42.3 Å². The number of nitrogens with zero attached hydrogens (tertiary/aromatic N) is 2. The number of pyridine rings is 1. The van der Waals surface area contributed by atoms with Crippen LogP contribution in [0.4, 0.5) is 5.82 Å². The first-order valence-electron chi connectivity index (χ1n) is 6.17. The molecule has 0 atom stereocenters. The summed E-state index contributed by atoms with van der Waals surface area (Å²) >= 11 is 0. The summed E-state index contributed by atoms with van der Waals surface area (Å²) in [5.74, 6) is 1.81. The quantitative estimate of drug-likeness (QED) is 0.838. The van der Waals surface area contributed by atoms with Gasteiger partial charge >= 0.3 is 0 Å². The molecule has 0 spiro atoms. The Kier molecular flexibility index (Phi) is 3.78. The second-order valence-corrected chi connectivity index (χ2v) is 4.82. The Labute approximate surface area is 97.9 Å². The summed E-state index contributed by atoms with van der Waals surface area (Å²) < 4.78 is 0. The van der Waals surface area contributed by atoms with Gasteiger partial charge in [0.15, 0.2) is 0 Å². The third-order valence-corrected chi connectivity index (χ3v) is 2.85. The van der Waals surface area contributed by atoms with Crippen molar-refractivity contribution in [3.63, 3.8) is 0 Å². The van der Waals surface area contributed by atoms with E-state index in [0.29, 0.717) is 5.92 Å². The minimum Gasteiger partial charge on any atom is -0.354 e. The van der Waals surface area contributed by atoms with Crippen molar-refractivity contribution in [3.8, 4) is 0 Å². The van der Waals surface area contributed by atoms with Gasteiger partial charge in [0.05, 0.1) is 0 Å². The van der Waals surface area contributed by atoms with Crippen molar-refractivity contribution in [2.45, 2.75) is 20.3 Å². The standard InChI is InChI=1S/C13H21N3/c1-11(2)10-12-4-3-5-13(15-12)16-8-6-14-7-9-16/h3-5,11,14H,6-10H2,1-2H3. The molecule has 1 aromatic rings. The normalized spacial score (nSPS) is 16.8. The van der Waals surface area contributed by atoms with Crippen LogP contribution in [0.3, 0.4) is 0 Å². The van der Waals surface area contributed by atoms with E-state index in [-0.39, 0.29) is 0 Å². The molecular formula is C13H21N3. The van der Waals surface area contributed by atoms with Gasteiger partial charge in [0.25, 0.3) is 0 Å². The van der Waals surface area contributed by atoms with Gasteiger partial charge in [-0.1, -0.05) is 19.9 Å². The van der Waals surface area contributed by atoms with Crippen LogP contribution < -0.4 is 10.2 Å². The lowest BCUT2D eigenvalue weighted by Gasteiger charge is -2.28. The number of anilines is 1. The van der Waals surface area contributed by atoms with Crippen LogP contribution >= 0.6 is 0 Å². The van der Waals surface area contributed by atoms with E-state index in [1.807, 2.05) is 0 Å². The number of hydrogen-bond donors (Lipinski definition) is 1. The molecule has 0 radical (unpaired) electrons. The molecule has 1 aliphatic rings. The molecule has 0 bridgehead atoms. The molecule has 2 rings (SSSR count). The van der Waals surface area contributed by atoms with E-state index in [1.54, 1.807) is 0 Å². The summed E-state index contributed by atoms with van der Waals surface area (Å²) in [6, 6.07) is 6.38. The highest BCUT2D eigenvalue weighted by Crippen LogP contribution is 2.14. The molecule has 3 heteroatoms. The largest absolute Gasteiger partial charge is 0.354 e. The minimum atomic E-state index is 0.672. The highest BCUT2D eigenvalue weighted by Gasteiger charge is 2.11. The highest BCUT2D eigenvalue weighted by molar-refractivity contribution is 5.39. The van der Waals surface area contributed by atoms with E-state index >= 15 is 0 Å². The molecule has 0 amide bonds. The van der Waals surface area contributed by atoms with Crippen LogP contribution in [-0.2, 0) is 6.42 Å². The molecule has 3 nitrogen and oxygen atoms in total. The summed E-state index contributed by atoms with van der Waals surface area (Å²) in [6.45, 7) is 8.74. The minimum absolute atomic E-state index is 0.672. The lowest BCUT2D eigenvalue weighted by Crippen LogP contribution is -2.43. The van der Waals surface area contributed by atoms with Gasteiger partial charge in [-0.2, -0.15) is 0 Å². The van der Waals surface area contributed by atoms with E-state index in [4.69, 9.17) is 4.98 Å². The molecule has 0 unspecified atom stereocenters. The van der Waals surface area contributed by atoms with Gasteiger partial charge in [-0.25, -0.2) is 4.98 Å². The SMILES string of the molecule is CC(C)Cc1cccc(N2CCNCC2)n1. The second-order valence-electron chi connectivity index (χ2n) is 4.82. The number of rotatable bonds is 3. The van der Waals surface area contributed by atoms with Crippen molar-refractivity contribution in [1.82, 2.24) is 10.3 Å². The Morgan fingerprint density at radius 1 is 1.31 bits per heavy atom. The van der Waals surface area contributed by atoms with Crippen LogP contribution in [0.25, 0.3) is 0 Å². The smallest absolute Gasteiger partial charge is 0.128 e.